The summed E-state index contributed by atoms with van der Waals surface area (Å²) in [6.07, 6.45) is -8.19. The summed E-state index contributed by atoms with van der Waals surface area (Å²) in [5.41, 5.74) is -2.37. The van der Waals surface area contributed by atoms with Crippen LogP contribution in [0.15, 0.2) is 48.6 Å². The number of nitrogens with zero attached hydrogens (tertiary/aromatic N) is 3. The number of aryl methyl sites for hydroxylation is 1. The van der Waals surface area contributed by atoms with Crippen molar-refractivity contribution in [3.8, 4) is 0 Å². The number of hydrogen-bond donors (Lipinski definition) is 1. The topological polar surface area (TPSA) is 64.1 Å². The number of halogens is 7. The summed E-state index contributed by atoms with van der Waals surface area (Å²) >= 11 is 0. The standard InChI is InChI=1S/C26H24F7N3O3/c1-15-10-19(27)5-6-20(15)22-14-34(24(38)39)8-9-36(22)23(37)35-7-3-2-4-21(35)16-11-17(25(28,29)30)13-18(12-16)26(31,32)33/h2-3,5-6,10-13,21-22H,4,7-9,14H2,1H3,(H,38,39). The monoisotopic (exact) mass is 559 g/mol. The van der Waals surface area contributed by atoms with Crippen LogP contribution in [-0.2, 0) is 12.4 Å². The quantitative estimate of drug-likeness (QED) is 0.332. The highest BCUT2D eigenvalue weighted by molar-refractivity contribution is 5.77. The van der Waals surface area contributed by atoms with E-state index in [1.165, 1.54) is 28.0 Å². The Labute approximate surface area is 218 Å². The lowest BCUT2D eigenvalue weighted by atomic mass is 9.94. The van der Waals surface area contributed by atoms with Gasteiger partial charge in [0.1, 0.15) is 5.82 Å². The second-order valence-corrected chi connectivity index (χ2v) is 9.44. The van der Waals surface area contributed by atoms with Gasteiger partial charge in [-0.2, -0.15) is 26.3 Å². The molecule has 0 bridgehead atoms. The molecule has 6 nitrogen and oxygen atoms in total. The number of carbonyl (C=O) groups excluding carboxylic acids is 1. The van der Waals surface area contributed by atoms with Crippen LogP contribution in [0.1, 0.15) is 46.3 Å². The molecule has 1 N–H and O–H groups in total. The molecule has 3 amide bonds. The number of amides is 3. The molecule has 2 aliphatic rings. The van der Waals surface area contributed by atoms with E-state index in [9.17, 15) is 45.4 Å². The van der Waals surface area contributed by atoms with E-state index in [0.29, 0.717) is 23.3 Å². The molecule has 2 heterocycles. The van der Waals surface area contributed by atoms with Crippen LogP contribution in [0, 0.1) is 12.7 Å². The normalized spacial score (nSPS) is 20.4. The first-order valence-electron chi connectivity index (χ1n) is 11.9. The summed E-state index contributed by atoms with van der Waals surface area (Å²) in [7, 11) is 0. The smallest absolute Gasteiger partial charge is 0.416 e. The fourth-order valence-corrected chi connectivity index (χ4v) is 5.00. The summed E-state index contributed by atoms with van der Waals surface area (Å²) in [4.78, 5) is 29.1. The molecule has 2 atom stereocenters. The summed E-state index contributed by atoms with van der Waals surface area (Å²) in [5.74, 6) is -0.536. The summed E-state index contributed by atoms with van der Waals surface area (Å²) in [6.45, 7) is 1.21. The van der Waals surface area contributed by atoms with Gasteiger partial charge in [-0.15, -0.1) is 0 Å². The van der Waals surface area contributed by atoms with E-state index in [1.54, 1.807) is 19.1 Å². The van der Waals surface area contributed by atoms with E-state index in [-0.39, 0.29) is 44.2 Å². The predicted molar refractivity (Wildman–Crippen MR) is 125 cm³/mol. The van der Waals surface area contributed by atoms with Crippen LogP contribution in [-0.4, -0.2) is 58.1 Å². The zero-order valence-corrected chi connectivity index (χ0v) is 20.6. The molecule has 13 heteroatoms. The Kier molecular flexibility index (Phi) is 7.55. The van der Waals surface area contributed by atoms with Crippen molar-refractivity contribution in [3.05, 3.63) is 82.2 Å². The molecule has 0 aromatic heterocycles. The summed E-state index contributed by atoms with van der Waals surface area (Å²) in [5, 5.41) is 9.52. The van der Waals surface area contributed by atoms with Gasteiger partial charge in [0.05, 0.1) is 23.2 Å². The minimum atomic E-state index is -5.05. The average molecular weight is 559 g/mol. The maximum Gasteiger partial charge on any atom is 0.416 e. The molecule has 210 valence electrons. The Balaban J connectivity index is 1.74. The second kappa shape index (κ2) is 10.4. The van der Waals surface area contributed by atoms with E-state index >= 15 is 0 Å². The molecule has 0 saturated carbocycles. The summed E-state index contributed by atoms with van der Waals surface area (Å²) in [6, 6.07) is 2.40. The van der Waals surface area contributed by atoms with Crippen molar-refractivity contribution in [1.29, 1.82) is 0 Å². The van der Waals surface area contributed by atoms with Gasteiger partial charge in [-0.25, -0.2) is 14.0 Å². The third-order valence-corrected chi connectivity index (χ3v) is 6.93. The average Bonchev–Trinajstić information content (AvgIpc) is 2.86. The maximum absolute atomic E-state index is 13.9. The van der Waals surface area contributed by atoms with Crippen LogP contribution < -0.4 is 0 Å². The van der Waals surface area contributed by atoms with Crippen molar-refractivity contribution in [1.82, 2.24) is 14.7 Å². The first kappa shape index (κ1) is 28.2. The van der Waals surface area contributed by atoms with Gasteiger partial charge in [-0.3, -0.25) is 0 Å². The number of hydrogen-bond acceptors (Lipinski definition) is 2. The number of carbonyl (C=O) groups is 2. The number of alkyl halides is 6. The van der Waals surface area contributed by atoms with Crippen molar-refractivity contribution in [3.63, 3.8) is 0 Å². The Morgan fingerprint density at radius 3 is 2.08 bits per heavy atom. The fourth-order valence-electron chi connectivity index (χ4n) is 5.00. The Morgan fingerprint density at radius 1 is 0.872 bits per heavy atom. The molecular weight excluding hydrogens is 535 g/mol. The van der Waals surface area contributed by atoms with Gasteiger partial charge in [0, 0.05) is 26.2 Å². The van der Waals surface area contributed by atoms with Gasteiger partial charge in [0.2, 0.25) is 0 Å². The van der Waals surface area contributed by atoms with Crippen molar-refractivity contribution in [2.75, 3.05) is 26.2 Å². The minimum absolute atomic E-state index is 0.0281. The Bertz CT molecular complexity index is 1260. The van der Waals surface area contributed by atoms with E-state index in [2.05, 4.69) is 0 Å². The molecule has 1 fully saturated rings. The SMILES string of the molecule is Cc1cc(F)ccc1C1CN(C(=O)O)CCN1C(=O)N1CC=CCC1c1cc(C(F)(F)F)cc(C(F)(F)F)c1. The molecule has 2 aromatic rings. The van der Waals surface area contributed by atoms with Crippen molar-refractivity contribution < 1.29 is 45.4 Å². The second-order valence-electron chi connectivity index (χ2n) is 9.44. The fraction of sp³-hybridized carbons (Fsp3) is 0.385. The van der Waals surface area contributed by atoms with E-state index in [4.69, 9.17) is 0 Å². The molecule has 4 rings (SSSR count). The zero-order chi connectivity index (χ0) is 28.7. The lowest BCUT2D eigenvalue weighted by Crippen LogP contribution is -2.56. The van der Waals surface area contributed by atoms with Gasteiger partial charge < -0.3 is 19.8 Å². The van der Waals surface area contributed by atoms with E-state index in [1.807, 2.05) is 0 Å². The molecule has 39 heavy (non-hydrogen) atoms. The molecule has 2 aliphatic heterocycles. The van der Waals surface area contributed by atoms with Gasteiger partial charge in [-0.1, -0.05) is 18.2 Å². The summed E-state index contributed by atoms with van der Waals surface area (Å²) < 4.78 is 94.8. The predicted octanol–water partition coefficient (Wildman–Crippen LogP) is 6.63. The Morgan fingerprint density at radius 2 is 1.51 bits per heavy atom. The minimum Gasteiger partial charge on any atom is -0.465 e. The van der Waals surface area contributed by atoms with Crippen LogP contribution in [0.2, 0.25) is 0 Å². The van der Waals surface area contributed by atoms with Gasteiger partial charge in [0.25, 0.3) is 0 Å². The molecule has 2 aromatic carbocycles. The van der Waals surface area contributed by atoms with Crippen LogP contribution in [0.3, 0.4) is 0 Å². The number of piperazine rings is 1. The molecule has 0 aliphatic carbocycles. The van der Waals surface area contributed by atoms with Crippen molar-refractivity contribution in [2.24, 2.45) is 0 Å². The molecule has 0 radical (unpaired) electrons. The highest BCUT2D eigenvalue weighted by Crippen LogP contribution is 2.40. The zero-order valence-electron chi connectivity index (χ0n) is 20.6. The first-order valence-corrected chi connectivity index (χ1v) is 11.9. The maximum atomic E-state index is 13.9. The van der Waals surface area contributed by atoms with Crippen LogP contribution in [0.5, 0.6) is 0 Å². The van der Waals surface area contributed by atoms with Crippen molar-refractivity contribution >= 4 is 12.1 Å². The van der Waals surface area contributed by atoms with E-state index < -0.39 is 53.5 Å². The van der Waals surface area contributed by atoms with Crippen LogP contribution in [0.4, 0.5) is 40.3 Å². The van der Waals surface area contributed by atoms with Crippen LogP contribution in [0.25, 0.3) is 0 Å². The largest absolute Gasteiger partial charge is 0.465 e. The first-order chi connectivity index (χ1) is 18.2. The third kappa shape index (κ3) is 5.96. The number of benzene rings is 2. The Hall–Kier alpha value is -3.77. The third-order valence-electron chi connectivity index (χ3n) is 6.93. The number of carboxylic acid groups (broad SMARTS) is 1. The highest BCUT2D eigenvalue weighted by Gasteiger charge is 2.41. The number of rotatable bonds is 2. The molecule has 2 unspecified atom stereocenters. The van der Waals surface area contributed by atoms with Crippen LogP contribution >= 0.6 is 0 Å². The van der Waals surface area contributed by atoms with Gasteiger partial charge in [-0.05, 0) is 60.4 Å². The van der Waals surface area contributed by atoms with Gasteiger partial charge >= 0.3 is 24.5 Å². The molecule has 1 saturated heterocycles. The lowest BCUT2D eigenvalue weighted by molar-refractivity contribution is -0.143. The lowest BCUT2D eigenvalue weighted by Gasteiger charge is -2.45. The van der Waals surface area contributed by atoms with Crippen molar-refractivity contribution in [2.45, 2.75) is 37.8 Å². The van der Waals surface area contributed by atoms with E-state index in [0.717, 1.165) is 4.90 Å². The molecule has 0 spiro atoms. The molecular formula is C26H24F7N3O3. The number of urea groups is 1. The van der Waals surface area contributed by atoms with Gasteiger partial charge in [0.15, 0.2) is 0 Å². The highest BCUT2D eigenvalue weighted by atomic mass is 19.4.